The first kappa shape index (κ1) is 15.8. The van der Waals surface area contributed by atoms with Crippen LogP contribution in [0, 0.1) is 0 Å². The van der Waals surface area contributed by atoms with Crippen molar-refractivity contribution in [3.63, 3.8) is 0 Å². The highest BCUT2D eigenvalue weighted by Crippen LogP contribution is 2.27. The Balaban J connectivity index is 1.62. The van der Waals surface area contributed by atoms with Crippen LogP contribution in [-0.4, -0.2) is 22.2 Å². The van der Waals surface area contributed by atoms with Gasteiger partial charge in [-0.25, -0.2) is 4.68 Å². The number of anilines is 1. The van der Waals surface area contributed by atoms with Crippen LogP contribution in [0.2, 0.25) is 0 Å². The summed E-state index contributed by atoms with van der Waals surface area (Å²) in [6.45, 7) is 0.627. The molecule has 0 atom stereocenters. The molecule has 0 saturated carbocycles. The molecule has 5 nitrogen and oxygen atoms in total. The van der Waals surface area contributed by atoms with E-state index in [1.807, 2.05) is 35.7 Å². The quantitative estimate of drug-likeness (QED) is 0.729. The van der Waals surface area contributed by atoms with Gasteiger partial charge in [-0.2, -0.15) is 5.10 Å². The summed E-state index contributed by atoms with van der Waals surface area (Å²) in [6, 6.07) is 15.0. The summed E-state index contributed by atoms with van der Waals surface area (Å²) in [5, 5.41) is 6.33. The van der Waals surface area contributed by atoms with Crippen molar-refractivity contribution in [2.75, 3.05) is 11.4 Å². The lowest BCUT2D eigenvalue weighted by molar-refractivity contribution is -0.119. The second kappa shape index (κ2) is 6.64. The lowest BCUT2D eigenvalue weighted by Crippen LogP contribution is -2.40. The number of rotatable bonds is 3. The number of aromatic nitrogens is 2. The van der Waals surface area contributed by atoms with E-state index >= 15 is 0 Å². The molecule has 1 aliphatic rings. The molecule has 1 amide bonds. The molecule has 3 heterocycles. The number of hydrogen-bond donors (Lipinski definition) is 0. The van der Waals surface area contributed by atoms with Gasteiger partial charge in [0.05, 0.1) is 4.88 Å². The minimum Gasteiger partial charge on any atom is -0.311 e. The number of carbonyl (C=O) groups excluding carboxylic acids is 1. The highest BCUT2D eigenvalue weighted by Gasteiger charge is 2.22. The van der Waals surface area contributed by atoms with Gasteiger partial charge in [0.2, 0.25) is 5.91 Å². The summed E-state index contributed by atoms with van der Waals surface area (Å²) in [4.78, 5) is 27.7. The molecule has 0 spiro atoms. The van der Waals surface area contributed by atoms with Gasteiger partial charge in [0.1, 0.15) is 12.2 Å². The van der Waals surface area contributed by atoms with Crippen molar-refractivity contribution in [1.29, 1.82) is 0 Å². The molecule has 0 aliphatic carbocycles. The van der Waals surface area contributed by atoms with Gasteiger partial charge in [-0.1, -0.05) is 24.3 Å². The third-order valence-corrected chi connectivity index (χ3v) is 5.23. The van der Waals surface area contributed by atoms with Crippen molar-refractivity contribution >= 4 is 22.9 Å². The summed E-state index contributed by atoms with van der Waals surface area (Å²) < 4.78 is 1.26. The lowest BCUT2D eigenvalue weighted by Gasteiger charge is -2.29. The van der Waals surface area contributed by atoms with Crippen molar-refractivity contribution in [2.45, 2.75) is 19.4 Å². The molecule has 126 valence electrons. The van der Waals surface area contributed by atoms with E-state index in [-0.39, 0.29) is 18.0 Å². The van der Waals surface area contributed by atoms with Crippen LogP contribution in [0.25, 0.3) is 10.6 Å². The molecule has 0 bridgehead atoms. The molecule has 4 rings (SSSR count). The average molecular weight is 351 g/mol. The van der Waals surface area contributed by atoms with E-state index in [1.165, 1.54) is 16.3 Å². The Morgan fingerprint density at radius 2 is 2.00 bits per heavy atom. The maximum absolute atomic E-state index is 12.8. The maximum Gasteiger partial charge on any atom is 0.267 e. The fourth-order valence-electron chi connectivity index (χ4n) is 3.12. The monoisotopic (exact) mass is 351 g/mol. The molecule has 6 heteroatoms. The van der Waals surface area contributed by atoms with Gasteiger partial charge in [-0.15, -0.1) is 11.3 Å². The summed E-state index contributed by atoms with van der Waals surface area (Å²) in [7, 11) is 0. The van der Waals surface area contributed by atoms with E-state index in [0.29, 0.717) is 12.2 Å². The number of fused-ring (bicyclic) bond motifs is 1. The molecule has 1 aliphatic heterocycles. The SMILES string of the molecule is O=C(Cn1nc(-c2cccs2)ccc1=O)N1CCCc2ccccc21. The Morgan fingerprint density at radius 1 is 1.12 bits per heavy atom. The Labute approximate surface area is 149 Å². The van der Waals surface area contributed by atoms with Crippen molar-refractivity contribution < 1.29 is 4.79 Å². The van der Waals surface area contributed by atoms with Gasteiger partial charge >= 0.3 is 0 Å². The fraction of sp³-hybridized carbons (Fsp3) is 0.211. The van der Waals surface area contributed by atoms with Crippen molar-refractivity contribution in [1.82, 2.24) is 9.78 Å². The molecule has 0 N–H and O–H groups in total. The Hall–Kier alpha value is -2.73. The summed E-state index contributed by atoms with van der Waals surface area (Å²) in [5.74, 6) is -0.106. The summed E-state index contributed by atoms with van der Waals surface area (Å²) >= 11 is 1.56. The van der Waals surface area contributed by atoms with Crippen LogP contribution >= 0.6 is 11.3 Å². The van der Waals surface area contributed by atoms with Gasteiger partial charge < -0.3 is 4.90 Å². The van der Waals surface area contributed by atoms with E-state index in [2.05, 4.69) is 11.2 Å². The Bertz CT molecular complexity index is 963. The van der Waals surface area contributed by atoms with Crippen LogP contribution in [-0.2, 0) is 17.8 Å². The maximum atomic E-state index is 12.8. The van der Waals surface area contributed by atoms with Gasteiger partial charge in [0, 0.05) is 18.3 Å². The molecule has 0 saturated heterocycles. The smallest absolute Gasteiger partial charge is 0.267 e. The molecule has 2 aromatic heterocycles. The van der Waals surface area contributed by atoms with Crippen LogP contribution in [0.1, 0.15) is 12.0 Å². The molecular formula is C19H17N3O2S. The Kier molecular flexibility index (Phi) is 4.19. The predicted molar refractivity (Wildman–Crippen MR) is 98.9 cm³/mol. The van der Waals surface area contributed by atoms with Gasteiger partial charge in [-0.3, -0.25) is 9.59 Å². The van der Waals surface area contributed by atoms with E-state index in [4.69, 9.17) is 0 Å². The highest BCUT2D eigenvalue weighted by molar-refractivity contribution is 7.13. The van der Waals surface area contributed by atoms with E-state index in [9.17, 15) is 9.59 Å². The molecule has 1 aromatic carbocycles. The zero-order valence-corrected chi connectivity index (χ0v) is 14.4. The minimum absolute atomic E-state index is 0.0492. The molecule has 3 aromatic rings. The number of amides is 1. The Morgan fingerprint density at radius 3 is 2.84 bits per heavy atom. The van der Waals surface area contributed by atoms with Crippen LogP contribution in [0.15, 0.2) is 58.7 Å². The van der Waals surface area contributed by atoms with E-state index < -0.39 is 0 Å². The van der Waals surface area contributed by atoms with Crippen LogP contribution in [0.3, 0.4) is 0 Å². The first-order valence-electron chi connectivity index (χ1n) is 8.23. The average Bonchev–Trinajstić information content (AvgIpc) is 3.17. The van der Waals surface area contributed by atoms with Crippen LogP contribution in [0.4, 0.5) is 5.69 Å². The molecule has 0 fully saturated rings. The molecule has 0 unspecified atom stereocenters. The first-order valence-corrected chi connectivity index (χ1v) is 9.11. The van der Waals surface area contributed by atoms with Gasteiger partial charge in [0.25, 0.3) is 5.56 Å². The van der Waals surface area contributed by atoms with Crippen LogP contribution < -0.4 is 10.5 Å². The van der Waals surface area contributed by atoms with Crippen molar-refractivity contribution in [3.05, 3.63) is 69.8 Å². The largest absolute Gasteiger partial charge is 0.311 e. The molecular weight excluding hydrogens is 334 g/mol. The summed E-state index contributed by atoms with van der Waals surface area (Å²) in [6.07, 6.45) is 1.91. The van der Waals surface area contributed by atoms with Crippen molar-refractivity contribution in [2.24, 2.45) is 0 Å². The molecule has 25 heavy (non-hydrogen) atoms. The number of carbonyl (C=O) groups is 1. The number of hydrogen-bond acceptors (Lipinski definition) is 4. The lowest BCUT2D eigenvalue weighted by atomic mass is 10.0. The standard InChI is InChI=1S/C19H17N3O2S/c23-18-10-9-15(17-8-4-12-25-17)20-22(18)13-19(24)21-11-3-6-14-5-1-2-7-16(14)21/h1-2,4-5,7-10,12H,3,6,11,13H2. The van der Waals surface area contributed by atoms with Gasteiger partial charge in [-0.05, 0) is 42.0 Å². The number of thiophene rings is 1. The topological polar surface area (TPSA) is 55.2 Å². The van der Waals surface area contributed by atoms with E-state index in [1.54, 1.807) is 22.3 Å². The fourth-order valence-corrected chi connectivity index (χ4v) is 3.81. The number of benzene rings is 1. The highest BCUT2D eigenvalue weighted by atomic mass is 32.1. The number of para-hydroxylation sites is 1. The third-order valence-electron chi connectivity index (χ3n) is 4.34. The third kappa shape index (κ3) is 3.13. The second-order valence-electron chi connectivity index (χ2n) is 5.97. The van der Waals surface area contributed by atoms with E-state index in [0.717, 1.165) is 23.4 Å². The van der Waals surface area contributed by atoms with Crippen LogP contribution in [0.5, 0.6) is 0 Å². The van der Waals surface area contributed by atoms with Gasteiger partial charge in [0.15, 0.2) is 0 Å². The summed E-state index contributed by atoms with van der Waals surface area (Å²) in [5.41, 5.74) is 2.57. The molecule has 0 radical (unpaired) electrons. The second-order valence-corrected chi connectivity index (χ2v) is 6.92. The predicted octanol–water partition coefficient (Wildman–Crippen LogP) is 2.95. The zero-order chi connectivity index (χ0) is 17.2. The normalized spacial score (nSPS) is 13.5. The number of aryl methyl sites for hydroxylation is 1. The first-order chi connectivity index (χ1) is 12.2. The minimum atomic E-state index is -0.265. The van der Waals surface area contributed by atoms with Crippen molar-refractivity contribution in [3.8, 4) is 10.6 Å². The number of nitrogens with zero attached hydrogens (tertiary/aromatic N) is 3. The zero-order valence-electron chi connectivity index (χ0n) is 13.6.